The number of fused-ring (bicyclic) bond motifs is 1. The second-order valence-corrected chi connectivity index (χ2v) is 5.54. The van der Waals surface area contributed by atoms with Gasteiger partial charge in [0, 0.05) is 6.42 Å². The topological polar surface area (TPSA) is 52.3 Å². The van der Waals surface area contributed by atoms with Gasteiger partial charge in [0.25, 0.3) is 0 Å². The van der Waals surface area contributed by atoms with E-state index in [9.17, 15) is 4.79 Å². The van der Waals surface area contributed by atoms with Gasteiger partial charge in [-0.1, -0.05) is 56.3 Å². The molecule has 0 amide bonds. The summed E-state index contributed by atoms with van der Waals surface area (Å²) in [6, 6.07) is 14.3. The van der Waals surface area contributed by atoms with Crippen molar-refractivity contribution in [1.82, 2.24) is 0 Å². The van der Waals surface area contributed by atoms with Crippen LogP contribution in [-0.2, 0) is 16.0 Å². The zero-order valence-electron chi connectivity index (χ0n) is 12.2. The van der Waals surface area contributed by atoms with Crippen molar-refractivity contribution in [3.63, 3.8) is 0 Å². The Balaban J connectivity index is 2.36. The Morgan fingerprint density at radius 3 is 2.45 bits per heavy atom. The predicted octanol–water partition coefficient (Wildman–Crippen LogP) is 2.91. The molecule has 0 spiro atoms. The van der Waals surface area contributed by atoms with Crippen molar-refractivity contribution in [1.29, 1.82) is 0 Å². The van der Waals surface area contributed by atoms with Gasteiger partial charge in [-0.25, -0.2) is 0 Å². The molecule has 0 aliphatic rings. The molecule has 3 nitrogen and oxygen atoms in total. The number of hydrogen-bond donors (Lipinski definition) is 1. The van der Waals surface area contributed by atoms with Crippen LogP contribution in [0.15, 0.2) is 42.5 Å². The molecule has 20 heavy (non-hydrogen) atoms. The van der Waals surface area contributed by atoms with Gasteiger partial charge < -0.3 is 10.5 Å². The molecule has 2 aromatic rings. The van der Waals surface area contributed by atoms with Crippen LogP contribution in [-0.4, -0.2) is 18.6 Å². The first-order valence-electron chi connectivity index (χ1n) is 6.82. The van der Waals surface area contributed by atoms with Crippen molar-refractivity contribution in [2.75, 3.05) is 7.11 Å². The zero-order chi connectivity index (χ0) is 14.8. The highest BCUT2D eigenvalue weighted by Crippen LogP contribution is 2.24. The maximum absolute atomic E-state index is 12.0. The van der Waals surface area contributed by atoms with Crippen LogP contribution in [0, 0.1) is 5.92 Å². The maximum atomic E-state index is 12.0. The summed E-state index contributed by atoms with van der Waals surface area (Å²) in [4.78, 5) is 12.0. The van der Waals surface area contributed by atoms with E-state index in [1.807, 2.05) is 32.0 Å². The van der Waals surface area contributed by atoms with Gasteiger partial charge >= 0.3 is 5.97 Å². The van der Waals surface area contributed by atoms with Crippen molar-refractivity contribution in [3.8, 4) is 0 Å². The minimum Gasteiger partial charge on any atom is -0.468 e. The number of carbonyl (C=O) groups is 1. The summed E-state index contributed by atoms with van der Waals surface area (Å²) in [7, 11) is 1.38. The SMILES string of the molecule is COC(=O)[C@@](N)(Cc1ccc2ccccc2c1)C(C)C. The average Bonchev–Trinajstić information content (AvgIpc) is 2.45. The summed E-state index contributed by atoms with van der Waals surface area (Å²) >= 11 is 0. The molecule has 0 fully saturated rings. The molecule has 0 aliphatic carbocycles. The number of esters is 1. The van der Waals surface area contributed by atoms with Crippen LogP contribution in [0.3, 0.4) is 0 Å². The summed E-state index contributed by atoms with van der Waals surface area (Å²) in [6.45, 7) is 3.88. The van der Waals surface area contributed by atoms with E-state index in [2.05, 4.69) is 24.3 Å². The van der Waals surface area contributed by atoms with E-state index in [0.717, 1.165) is 10.9 Å². The van der Waals surface area contributed by atoms with E-state index in [4.69, 9.17) is 10.5 Å². The predicted molar refractivity (Wildman–Crippen MR) is 81.4 cm³/mol. The summed E-state index contributed by atoms with van der Waals surface area (Å²) in [5.41, 5.74) is 6.35. The number of methoxy groups -OCH3 is 1. The van der Waals surface area contributed by atoms with Crippen LogP contribution in [0.5, 0.6) is 0 Å². The molecule has 0 bridgehead atoms. The molecule has 0 saturated carbocycles. The summed E-state index contributed by atoms with van der Waals surface area (Å²) in [5.74, 6) is -0.359. The fourth-order valence-electron chi connectivity index (χ4n) is 2.39. The molecule has 0 heterocycles. The molecule has 106 valence electrons. The number of nitrogens with two attached hydrogens (primary N) is 1. The molecule has 3 heteroatoms. The summed E-state index contributed by atoms with van der Waals surface area (Å²) in [5, 5.41) is 2.34. The zero-order valence-corrected chi connectivity index (χ0v) is 12.2. The first-order chi connectivity index (χ1) is 9.47. The quantitative estimate of drug-likeness (QED) is 0.870. The highest BCUT2D eigenvalue weighted by atomic mass is 16.5. The second kappa shape index (κ2) is 5.63. The lowest BCUT2D eigenvalue weighted by Gasteiger charge is -2.30. The summed E-state index contributed by atoms with van der Waals surface area (Å²) in [6.07, 6.45) is 0.474. The standard InChI is InChI=1S/C17H21NO2/c1-12(2)17(18,16(19)20-3)11-13-8-9-14-6-4-5-7-15(14)10-13/h4-10,12H,11,18H2,1-3H3/t17-/m1/s1. The van der Waals surface area contributed by atoms with Gasteiger partial charge in [0.05, 0.1) is 7.11 Å². The monoisotopic (exact) mass is 271 g/mol. The molecule has 0 aromatic heterocycles. The van der Waals surface area contributed by atoms with E-state index in [1.54, 1.807) is 0 Å². The smallest absolute Gasteiger partial charge is 0.326 e. The van der Waals surface area contributed by atoms with Crippen molar-refractivity contribution >= 4 is 16.7 Å². The Morgan fingerprint density at radius 2 is 1.85 bits per heavy atom. The maximum Gasteiger partial charge on any atom is 0.326 e. The van der Waals surface area contributed by atoms with E-state index in [1.165, 1.54) is 12.5 Å². The van der Waals surface area contributed by atoms with Crippen molar-refractivity contribution < 1.29 is 9.53 Å². The number of ether oxygens (including phenoxy) is 1. The Hall–Kier alpha value is -1.87. The third-order valence-electron chi connectivity index (χ3n) is 3.91. The van der Waals surface area contributed by atoms with Gasteiger partial charge in [-0.2, -0.15) is 0 Å². The third-order valence-corrected chi connectivity index (χ3v) is 3.91. The van der Waals surface area contributed by atoms with Crippen LogP contribution in [0.2, 0.25) is 0 Å². The van der Waals surface area contributed by atoms with Gasteiger partial charge in [-0.15, -0.1) is 0 Å². The largest absolute Gasteiger partial charge is 0.468 e. The molecule has 0 saturated heterocycles. The Kier molecular flexibility index (Phi) is 4.09. The van der Waals surface area contributed by atoms with Gasteiger partial charge in [-0.3, -0.25) is 4.79 Å². The molecule has 0 unspecified atom stereocenters. The Bertz CT molecular complexity index is 621. The van der Waals surface area contributed by atoms with Gasteiger partial charge in [0.15, 0.2) is 0 Å². The minimum absolute atomic E-state index is 0.00132. The average molecular weight is 271 g/mol. The number of hydrogen-bond acceptors (Lipinski definition) is 3. The van der Waals surface area contributed by atoms with Crippen LogP contribution < -0.4 is 5.73 Å². The highest BCUT2D eigenvalue weighted by molar-refractivity contribution is 5.84. The Morgan fingerprint density at radius 1 is 1.20 bits per heavy atom. The van der Waals surface area contributed by atoms with Crippen LogP contribution in [0.4, 0.5) is 0 Å². The van der Waals surface area contributed by atoms with Crippen LogP contribution >= 0.6 is 0 Å². The lowest BCUT2D eigenvalue weighted by Crippen LogP contribution is -2.54. The molecule has 2 N–H and O–H groups in total. The summed E-state index contributed by atoms with van der Waals surface area (Å²) < 4.78 is 4.87. The first kappa shape index (κ1) is 14.5. The lowest BCUT2D eigenvalue weighted by molar-refractivity contribution is -0.148. The first-order valence-corrected chi connectivity index (χ1v) is 6.82. The van der Waals surface area contributed by atoms with E-state index in [0.29, 0.717) is 6.42 Å². The van der Waals surface area contributed by atoms with Crippen LogP contribution in [0.1, 0.15) is 19.4 Å². The van der Waals surface area contributed by atoms with E-state index in [-0.39, 0.29) is 11.9 Å². The van der Waals surface area contributed by atoms with Crippen molar-refractivity contribution in [3.05, 3.63) is 48.0 Å². The van der Waals surface area contributed by atoms with Crippen molar-refractivity contribution in [2.45, 2.75) is 25.8 Å². The molecule has 0 aliphatic heterocycles. The molecular formula is C17H21NO2. The van der Waals surface area contributed by atoms with Crippen molar-refractivity contribution in [2.24, 2.45) is 11.7 Å². The van der Waals surface area contributed by atoms with Crippen LogP contribution in [0.25, 0.3) is 10.8 Å². The normalized spacial score (nSPS) is 14.2. The molecular weight excluding hydrogens is 250 g/mol. The van der Waals surface area contributed by atoms with Gasteiger partial charge in [0.2, 0.25) is 0 Å². The van der Waals surface area contributed by atoms with Gasteiger partial charge in [-0.05, 0) is 22.3 Å². The molecule has 0 radical (unpaired) electrons. The third kappa shape index (κ3) is 2.68. The second-order valence-electron chi connectivity index (χ2n) is 5.54. The fourth-order valence-corrected chi connectivity index (χ4v) is 2.39. The Labute approximate surface area is 119 Å². The number of rotatable bonds is 4. The highest BCUT2D eigenvalue weighted by Gasteiger charge is 2.38. The van der Waals surface area contributed by atoms with E-state index >= 15 is 0 Å². The van der Waals surface area contributed by atoms with Gasteiger partial charge in [0.1, 0.15) is 5.54 Å². The molecule has 2 rings (SSSR count). The number of carbonyl (C=O) groups excluding carboxylic acids is 1. The number of benzene rings is 2. The van der Waals surface area contributed by atoms with E-state index < -0.39 is 5.54 Å². The fraction of sp³-hybridized carbons (Fsp3) is 0.353. The lowest BCUT2D eigenvalue weighted by atomic mass is 9.81. The minimum atomic E-state index is -0.989. The molecule has 1 atom stereocenters. The molecule has 2 aromatic carbocycles.